The van der Waals surface area contributed by atoms with Gasteiger partial charge in [-0.1, -0.05) is 0 Å². The predicted octanol–water partition coefficient (Wildman–Crippen LogP) is 2.62. The highest BCUT2D eigenvalue weighted by Crippen LogP contribution is 2.29. The highest BCUT2D eigenvalue weighted by atomic mass is 32.1. The van der Waals surface area contributed by atoms with Crippen LogP contribution in [0.15, 0.2) is 16.8 Å². The molecule has 1 saturated heterocycles. The summed E-state index contributed by atoms with van der Waals surface area (Å²) >= 11 is 1.70. The van der Waals surface area contributed by atoms with Gasteiger partial charge in [-0.25, -0.2) is 0 Å². The molecule has 0 atom stereocenters. The first kappa shape index (κ1) is 14.9. The number of piperidine rings is 1. The zero-order valence-corrected chi connectivity index (χ0v) is 14.1. The number of carbonyl (C=O) groups excluding carboxylic acids is 1. The summed E-state index contributed by atoms with van der Waals surface area (Å²) in [7, 11) is 0. The van der Waals surface area contributed by atoms with E-state index in [0.29, 0.717) is 18.2 Å². The van der Waals surface area contributed by atoms with Crippen molar-refractivity contribution < 1.29 is 4.79 Å². The predicted molar refractivity (Wildman–Crippen MR) is 89.5 cm³/mol. The molecule has 2 aromatic rings. The number of rotatable bonds is 4. The van der Waals surface area contributed by atoms with Crippen LogP contribution in [-0.4, -0.2) is 38.7 Å². The monoisotopic (exact) mass is 330 g/mol. The van der Waals surface area contributed by atoms with Gasteiger partial charge in [0.15, 0.2) is 0 Å². The van der Waals surface area contributed by atoms with Gasteiger partial charge in [0.25, 0.3) is 0 Å². The maximum absolute atomic E-state index is 12.4. The third-order valence-electron chi connectivity index (χ3n) is 5.06. The smallest absolute Gasteiger partial charge is 0.222 e. The van der Waals surface area contributed by atoms with Crippen molar-refractivity contribution >= 4 is 17.2 Å². The number of likely N-dealkylation sites (tertiary alicyclic amines) is 1. The third kappa shape index (κ3) is 3.04. The number of amides is 1. The van der Waals surface area contributed by atoms with Crippen molar-refractivity contribution in [2.24, 2.45) is 0 Å². The van der Waals surface area contributed by atoms with Gasteiger partial charge in [-0.3, -0.25) is 4.79 Å². The Bertz CT molecular complexity index is 671. The number of carbonyl (C=O) groups is 1. The molecule has 2 aliphatic rings. The van der Waals surface area contributed by atoms with Gasteiger partial charge in [-0.2, -0.15) is 11.3 Å². The highest BCUT2D eigenvalue weighted by molar-refractivity contribution is 7.07. The van der Waals surface area contributed by atoms with Crippen LogP contribution in [0.3, 0.4) is 0 Å². The molecule has 0 aromatic carbocycles. The van der Waals surface area contributed by atoms with E-state index in [1.807, 2.05) is 4.90 Å². The minimum atomic E-state index is 0.293. The van der Waals surface area contributed by atoms with Crippen LogP contribution < -0.4 is 0 Å². The molecule has 6 heteroatoms. The number of aromatic nitrogens is 3. The number of thiophene rings is 1. The SMILES string of the molecule is O=C(CCc1ccsc1)N1CCC(c2nnc3n2CCC3)CC1. The van der Waals surface area contributed by atoms with Crippen molar-refractivity contribution in [2.45, 2.75) is 51.0 Å². The number of nitrogens with zero attached hydrogens (tertiary/aromatic N) is 4. The summed E-state index contributed by atoms with van der Waals surface area (Å²) in [6.07, 6.45) is 5.77. The number of hydrogen-bond donors (Lipinski definition) is 0. The van der Waals surface area contributed by atoms with E-state index in [-0.39, 0.29) is 0 Å². The van der Waals surface area contributed by atoms with Crippen LogP contribution in [0.25, 0.3) is 0 Å². The van der Waals surface area contributed by atoms with Crippen molar-refractivity contribution in [2.75, 3.05) is 13.1 Å². The second kappa shape index (κ2) is 6.43. The minimum Gasteiger partial charge on any atom is -0.343 e. The van der Waals surface area contributed by atoms with E-state index in [0.717, 1.165) is 57.0 Å². The lowest BCUT2D eigenvalue weighted by molar-refractivity contribution is -0.132. The van der Waals surface area contributed by atoms with Crippen molar-refractivity contribution in [1.82, 2.24) is 19.7 Å². The van der Waals surface area contributed by atoms with Gasteiger partial charge >= 0.3 is 0 Å². The Kier molecular flexibility index (Phi) is 4.16. The molecule has 0 spiro atoms. The summed E-state index contributed by atoms with van der Waals surface area (Å²) in [5.74, 6) is 3.06. The summed E-state index contributed by atoms with van der Waals surface area (Å²) in [6.45, 7) is 2.78. The zero-order valence-electron chi connectivity index (χ0n) is 13.3. The largest absolute Gasteiger partial charge is 0.343 e. The average molecular weight is 330 g/mol. The molecule has 122 valence electrons. The van der Waals surface area contributed by atoms with Gasteiger partial charge in [0, 0.05) is 38.4 Å². The Hall–Kier alpha value is -1.69. The summed E-state index contributed by atoms with van der Waals surface area (Å²) < 4.78 is 2.30. The molecule has 0 aliphatic carbocycles. The first-order valence-corrected chi connectivity index (χ1v) is 9.46. The molecule has 1 fully saturated rings. The van der Waals surface area contributed by atoms with Crippen LogP contribution in [0.1, 0.15) is 48.8 Å². The number of aryl methyl sites for hydroxylation is 2. The van der Waals surface area contributed by atoms with Gasteiger partial charge < -0.3 is 9.47 Å². The number of hydrogen-bond acceptors (Lipinski definition) is 4. The Morgan fingerprint density at radius 2 is 2.13 bits per heavy atom. The van der Waals surface area contributed by atoms with Crippen molar-refractivity contribution in [3.05, 3.63) is 34.0 Å². The van der Waals surface area contributed by atoms with Gasteiger partial charge in [-0.05, 0) is 48.1 Å². The highest BCUT2D eigenvalue weighted by Gasteiger charge is 2.29. The lowest BCUT2D eigenvalue weighted by Crippen LogP contribution is -2.38. The van der Waals surface area contributed by atoms with Crippen LogP contribution in [0, 0.1) is 0 Å². The maximum Gasteiger partial charge on any atom is 0.222 e. The topological polar surface area (TPSA) is 51.0 Å². The van der Waals surface area contributed by atoms with Crippen LogP contribution >= 0.6 is 11.3 Å². The lowest BCUT2D eigenvalue weighted by atomic mass is 9.95. The second-order valence-electron chi connectivity index (χ2n) is 6.52. The molecule has 23 heavy (non-hydrogen) atoms. The molecule has 4 rings (SSSR count). The molecule has 0 bridgehead atoms. The molecule has 0 N–H and O–H groups in total. The Morgan fingerprint density at radius 3 is 2.91 bits per heavy atom. The first-order chi connectivity index (χ1) is 11.3. The fourth-order valence-electron chi connectivity index (χ4n) is 3.71. The Labute approximate surface area is 140 Å². The molecule has 4 heterocycles. The van der Waals surface area contributed by atoms with Crippen molar-refractivity contribution in [3.63, 3.8) is 0 Å². The standard InChI is InChI=1S/C17H22N4OS/c22-16(4-3-13-7-11-23-12-13)20-9-5-14(6-10-20)17-19-18-15-2-1-8-21(15)17/h7,11-12,14H,1-6,8-10H2. The molecule has 0 radical (unpaired) electrons. The van der Waals surface area contributed by atoms with Crippen LogP contribution in [0.5, 0.6) is 0 Å². The van der Waals surface area contributed by atoms with E-state index in [9.17, 15) is 4.79 Å². The van der Waals surface area contributed by atoms with Gasteiger partial charge in [0.1, 0.15) is 11.6 Å². The Morgan fingerprint density at radius 1 is 1.26 bits per heavy atom. The summed E-state index contributed by atoms with van der Waals surface area (Å²) in [4.78, 5) is 14.4. The van der Waals surface area contributed by atoms with E-state index in [4.69, 9.17) is 0 Å². The minimum absolute atomic E-state index is 0.293. The normalized spacial score (nSPS) is 18.3. The summed E-state index contributed by atoms with van der Waals surface area (Å²) in [5.41, 5.74) is 1.28. The van der Waals surface area contributed by atoms with Crippen molar-refractivity contribution in [3.8, 4) is 0 Å². The van der Waals surface area contributed by atoms with E-state index in [1.54, 1.807) is 11.3 Å². The molecular formula is C17H22N4OS. The fraction of sp³-hybridized carbons (Fsp3) is 0.588. The van der Waals surface area contributed by atoms with Crippen LogP contribution in [0.4, 0.5) is 0 Å². The van der Waals surface area contributed by atoms with Crippen LogP contribution in [0.2, 0.25) is 0 Å². The maximum atomic E-state index is 12.4. The molecule has 2 aliphatic heterocycles. The van der Waals surface area contributed by atoms with E-state index >= 15 is 0 Å². The third-order valence-corrected chi connectivity index (χ3v) is 5.79. The lowest BCUT2D eigenvalue weighted by Gasteiger charge is -2.31. The number of fused-ring (bicyclic) bond motifs is 1. The Balaban J connectivity index is 1.31. The zero-order chi connectivity index (χ0) is 15.6. The van der Waals surface area contributed by atoms with Crippen LogP contribution in [-0.2, 0) is 24.2 Å². The fourth-order valence-corrected chi connectivity index (χ4v) is 4.41. The second-order valence-corrected chi connectivity index (χ2v) is 7.30. The molecule has 0 saturated carbocycles. The van der Waals surface area contributed by atoms with E-state index in [2.05, 4.69) is 31.6 Å². The van der Waals surface area contributed by atoms with E-state index < -0.39 is 0 Å². The molecular weight excluding hydrogens is 308 g/mol. The summed E-state index contributed by atoms with van der Waals surface area (Å²) in [6, 6.07) is 2.11. The molecule has 2 aromatic heterocycles. The summed E-state index contributed by atoms with van der Waals surface area (Å²) in [5, 5.41) is 12.9. The average Bonchev–Trinajstić information content (AvgIpc) is 3.30. The van der Waals surface area contributed by atoms with Gasteiger partial charge in [-0.15, -0.1) is 10.2 Å². The quantitative estimate of drug-likeness (QED) is 0.866. The van der Waals surface area contributed by atoms with Gasteiger partial charge in [0.2, 0.25) is 5.91 Å². The molecule has 0 unspecified atom stereocenters. The first-order valence-electron chi connectivity index (χ1n) is 8.52. The molecule has 5 nitrogen and oxygen atoms in total. The molecule has 1 amide bonds. The van der Waals surface area contributed by atoms with Crippen molar-refractivity contribution in [1.29, 1.82) is 0 Å². The van der Waals surface area contributed by atoms with E-state index in [1.165, 1.54) is 12.0 Å². The van der Waals surface area contributed by atoms with Gasteiger partial charge in [0.05, 0.1) is 0 Å².